The summed E-state index contributed by atoms with van der Waals surface area (Å²) in [4.78, 5) is 0. The minimum absolute atomic E-state index is 0.337. The Morgan fingerprint density at radius 2 is 0.958 bits per heavy atom. The first-order valence-electron chi connectivity index (χ1n) is 9.62. The van der Waals surface area contributed by atoms with Crippen LogP contribution in [0, 0.1) is 10.8 Å². The summed E-state index contributed by atoms with van der Waals surface area (Å²) in [5, 5.41) is 0. The molecule has 2 saturated heterocycles. The lowest BCUT2D eigenvalue weighted by atomic mass is 10.0. The molecule has 4 rings (SSSR count). The molecule has 2 heterocycles. The minimum Gasteiger partial charge on any atom is -0.348 e. The van der Waals surface area contributed by atoms with Crippen LogP contribution in [0.2, 0.25) is 0 Å². The third-order valence-electron chi connectivity index (χ3n) is 5.78. The van der Waals surface area contributed by atoms with Gasteiger partial charge in [-0.3, -0.25) is 0 Å². The lowest BCUT2D eigenvalue weighted by molar-refractivity contribution is -0.140. The maximum atomic E-state index is 5.74. The van der Waals surface area contributed by atoms with E-state index in [0.29, 0.717) is 23.0 Å². The van der Waals surface area contributed by atoms with Gasteiger partial charge in [0, 0.05) is 0 Å². The molecule has 0 unspecified atom stereocenters. The highest BCUT2D eigenvalue weighted by Gasteiger charge is 2.44. The van der Waals surface area contributed by atoms with Gasteiger partial charge in [-0.15, -0.1) is 0 Å². The Kier molecular flexibility index (Phi) is 4.83. The molecule has 0 aromatic carbocycles. The van der Waals surface area contributed by atoms with Crippen molar-refractivity contribution >= 4 is 0 Å². The van der Waals surface area contributed by atoms with Crippen LogP contribution in [0.4, 0.5) is 0 Å². The smallest absolute Gasteiger partial charge is 0.163 e. The van der Waals surface area contributed by atoms with E-state index in [1.54, 1.807) is 0 Å². The van der Waals surface area contributed by atoms with Crippen molar-refractivity contribution in [2.45, 2.75) is 104 Å². The standard InChI is InChI=1S/2C10H18O2/c2*1-9(2)11-7-8(12-9)6-10(3)4-5-10/h2*8H,4-7H2,1-3H3/t2*8-/m10/s1. The summed E-state index contributed by atoms with van der Waals surface area (Å²) in [5.41, 5.74) is 1.16. The quantitative estimate of drug-likeness (QED) is 0.746. The largest absolute Gasteiger partial charge is 0.348 e. The lowest BCUT2D eigenvalue weighted by Gasteiger charge is -2.18. The zero-order chi connectivity index (χ0) is 17.6. The molecule has 4 aliphatic rings. The predicted octanol–water partition coefficient (Wildman–Crippen LogP) is 4.66. The zero-order valence-corrected chi connectivity index (χ0v) is 16.4. The molecule has 2 saturated carbocycles. The Labute approximate surface area is 147 Å². The number of rotatable bonds is 4. The van der Waals surface area contributed by atoms with E-state index in [9.17, 15) is 0 Å². The summed E-state index contributed by atoms with van der Waals surface area (Å²) in [6.07, 6.45) is 8.51. The van der Waals surface area contributed by atoms with Crippen molar-refractivity contribution in [3.63, 3.8) is 0 Å². The second-order valence-corrected chi connectivity index (χ2v) is 9.93. The van der Waals surface area contributed by atoms with E-state index < -0.39 is 0 Å². The van der Waals surface area contributed by atoms with Crippen LogP contribution < -0.4 is 0 Å². The Hall–Kier alpha value is -0.160. The van der Waals surface area contributed by atoms with Gasteiger partial charge in [-0.05, 0) is 77.0 Å². The summed E-state index contributed by atoms with van der Waals surface area (Å²) in [7, 11) is 0. The highest BCUT2D eigenvalue weighted by atomic mass is 16.7. The van der Waals surface area contributed by atoms with Gasteiger partial charge in [0.15, 0.2) is 11.6 Å². The molecule has 24 heavy (non-hydrogen) atoms. The van der Waals surface area contributed by atoms with Crippen molar-refractivity contribution in [1.82, 2.24) is 0 Å². The van der Waals surface area contributed by atoms with Gasteiger partial charge < -0.3 is 18.9 Å². The average molecular weight is 341 g/mol. The molecule has 0 bridgehead atoms. The van der Waals surface area contributed by atoms with E-state index in [2.05, 4.69) is 13.8 Å². The highest BCUT2D eigenvalue weighted by molar-refractivity contribution is 4.92. The summed E-state index contributed by atoms with van der Waals surface area (Å²) in [6.45, 7) is 14.2. The topological polar surface area (TPSA) is 36.9 Å². The third kappa shape index (κ3) is 5.42. The molecule has 0 radical (unpaired) electrons. The van der Waals surface area contributed by atoms with Crippen molar-refractivity contribution < 1.29 is 18.9 Å². The van der Waals surface area contributed by atoms with E-state index in [1.165, 1.54) is 38.5 Å². The molecule has 4 heteroatoms. The summed E-state index contributed by atoms with van der Waals surface area (Å²) in [5.74, 6) is -0.675. The van der Waals surface area contributed by atoms with Crippen LogP contribution in [0.5, 0.6) is 0 Å². The Morgan fingerprint density at radius 1 is 0.625 bits per heavy atom. The Balaban J connectivity index is 0.000000141. The van der Waals surface area contributed by atoms with Crippen LogP contribution in [0.15, 0.2) is 0 Å². The Morgan fingerprint density at radius 3 is 1.17 bits per heavy atom. The summed E-state index contributed by atoms with van der Waals surface area (Å²) in [6, 6.07) is 0. The molecule has 4 nitrogen and oxygen atoms in total. The maximum Gasteiger partial charge on any atom is 0.163 e. The average Bonchev–Trinajstić information content (AvgIpc) is 3.28. The molecule has 0 spiro atoms. The van der Waals surface area contributed by atoms with Crippen molar-refractivity contribution in [2.75, 3.05) is 13.2 Å². The van der Waals surface area contributed by atoms with Crippen molar-refractivity contribution in [1.29, 1.82) is 0 Å². The van der Waals surface area contributed by atoms with Crippen LogP contribution in [-0.2, 0) is 18.9 Å². The summed E-state index contributed by atoms with van der Waals surface area (Å²) >= 11 is 0. The first-order valence-corrected chi connectivity index (χ1v) is 9.62. The molecule has 0 amide bonds. The normalized spacial score (nSPS) is 36.8. The highest BCUT2D eigenvalue weighted by Crippen LogP contribution is 2.51. The van der Waals surface area contributed by atoms with Crippen molar-refractivity contribution in [3.05, 3.63) is 0 Å². The molecule has 0 N–H and O–H groups in total. The van der Waals surface area contributed by atoms with Crippen LogP contribution in [-0.4, -0.2) is 37.0 Å². The summed E-state index contributed by atoms with van der Waals surface area (Å²) < 4.78 is 22.5. The molecule has 2 atom stereocenters. The molecule has 0 aromatic rings. The van der Waals surface area contributed by atoms with Crippen LogP contribution in [0.1, 0.15) is 80.1 Å². The fraction of sp³-hybridized carbons (Fsp3) is 1.00. The maximum absolute atomic E-state index is 5.74. The Bertz CT molecular complexity index is 407. The van der Waals surface area contributed by atoms with Gasteiger partial charge in [-0.1, -0.05) is 13.8 Å². The van der Waals surface area contributed by atoms with E-state index >= 15 is 0 Å². The van der Waals surface area contributed by atoms with Gasteiger partial charge in [-0.25, -0.2) is 0 Å². The van der Waals surface area contributed by atoms with Gasteiger partial charge in [0.05, 0.1) is 25.4 Å². The fourth-order valence-electron chi connectivity index (χ4n) is 3.66. The third-order valence-corrected chi connectivity index (χ3v) is 5.78. The van der Waals surface area contributed by atoms with Crippen molar-refractivity contribution in [3.8, 4) is 0 Å². The van der Waals surface area contributed by atoms with E-state index in [0.717, 1.165) is 13.2 Å². The van der Waals surface area contributed by atoms with Gasteiger partial charge >= 0.3 is 0 Å². The monoisotopic (exact) mass is 340 g/mol. The first kappa shape index (κ1) is 18.6. The molecule has 140 valence electrons. The van der Waals surface area contributed by atoms with Gasteiger partial charge in [0.2, 0.25) is 0 Å². The molecule has 2 aliphatic heterocycles. The number of ether oxygens (including phenoxy) is 4. The zero-order valence-electron chi connectivity index (χ0n) is 16.4. The van der Waals surface area contributed by atoms with Crippen LogP contribution in [0.25, 0.3) is 0 Å². The SMILES string of the molecule is CC1(C[C@@H]2COC(C)(C)O2)CC1.CC1(C[C@H]2COC(C)(C)O2)CC1. The van der Waals surface area contributed by atoms with Crippen LogP contribution >= 0.6 is 0 Å². The first-order chi connectivity index (χ1) is 11.0. The molecule has 0 aromatic heterocycles. The molecule has 4 fully saturated rings. The minimum atomic E-state index is -0.337. The van der Waals surface area contributed by atoms with Gasteiger partial charge in [-0.2, -0.15) is 0 Å². The fourth-order valence-corrected chi connectivity index (χ4v) is 3.66. The van der Waals surface area contributed by atoms with E-state index in [1.807, 2.05) is 27.7 Å². The van der Waals surface area contributed by atoms with E-state index in [-0.39, 0.29) is 11.6 Å². The molecular formula is C20H36O4. The number of hydrogen-bond donors (Lipinski definition) is 0. The predicted molar refractivity (Wildman–Crippen MR) is 93.7 cm³/mol. The number of hydrogen-bond acceptors (Lipinski definition) is 4. The van der Waals surface area contributed by atoms with Gasteiger partial charge in [0.25, 0.3) is 0 Å². The van der Waals surface area contributed by atoms with Crippen molar-refractivity contribution in [2.24, 2.45) is 10.8 Å². The second-order valence-electron chi connectivity index (χ2n) is 9.93. The van der Waals surface area contributed by atoms with Gasteiger partial charge in [0.1, 0.15) is 0 Å². The van der Waals surface area contributed by atoms with E-state index in [4.69, 9.17) is 18.9 Å². The van der Waals surface area contributed by atoms with Crippen LogP contribution in [0.3, 0.4) is 0 Å². The molecular weight excluding hydrogens is 304 g/mol. The second kappa shape index (κ2) is 6.22. The molecule has 2 aliphatic carbocycles. The lowest BCUT2D eigenvalue weighted by Crippen LogP contribution is -2.22.